The molecule has 120 valence electrons. The molecule has 3 N–H and O–H groups in total. The van der Waals surface area contributed by atoms with E-state index in [1.165, 1.54) is 23.5 Å². The fourth-order valence-corrected chi connectivity index (χ4v) is 2.53. The van der Waals surface area contributed by atoms with Gasteiger partial charge in [0.05, 0.1) is 13.3 Å². The first-order valence-electron chi connectivity index (χ1n) is 7.01. The molecule has 0 aliphatic carbocycles. The van der Waals surface area contributed by atoms with Crippen molar-refractivity contribution < 1.29 is 9.84 Å². The normalized spacial score (nSPS) is 11.8. The van der Waals surface area contributed by atoms with Crippen LogP contribution in [0.1, 0.15) is 16.7 Å². The van der Waals surface area contributed by atoms with Crippen LogP contribution in [0, 0.1) is 6.92 Å². The van der Waals surface area contributed by atoms with Gasteiger partial charge in [0.25, 0.3) is 0 Å². The first-order chi connectivity index (χ1) is 11.1. The van der Waals surface area contributed by atoms with Gasteiger partial charge in [-0.2, -0.15) is 5.10 Å². The van der Waals surface area contributed by atoms with E-state index in [1.807, 2.05) is 37.3 Å². The number of nitrogens with two attached hydrogens (primary N) is 1. The van der Waals surface area contributed by atoms with Crippen molar-refractivity contribution in [1.29, 1.82) is 0 Å². The van der Waals surface area contributed by atoms with Crippen LogP contribution >= 0.6 is 11.8 Å². The van der Waals surface area contributed by atoms with Crippen LogP contribution in [0.3, 0.4) is 0 Å². The quantitative estimate of drug-likeness (QED) is 0.501. The molecule has 0 amide bonds. The lowest BCUT2D eigenvalue weighted by Gasteiger charge is -2.06. The third-order valence-corrected chi connectivity index (χ3v) is 3.98. The second-order valence-electron chi connectivity index (χ2n) is 4.84. The van der Waals surface area contributed by atoms with Crippen LogP contribution in [0.4, 0.5) is 0 Å². The van der Waals surface area contributed by atoms with Gasteiger partial charge in [0, 0.05) is 11.3 Å². The number of thioether (sulfide) groups is 1. The molecule has 2 aromatic rings. The number of methoxy groups -OCH3 is 1. The highest BCUT2D eigenvalue weighted by molar-refractivity contribution is 8.13. The third-order valence-electron chi connectivity index (χ3n) is 3.13. The predicted octanol–water partition coefficient (Wildman–Crippen LogP) is 3.29. The molecule has 2 aromatic carbocycles. The minimum atomic E-state index is 0.123. The minimum absolute atomic E-state index is 0.123. The van der Waals surface area contributed by atoms with Crippen LogP contribution in [0.2, 0.25) is 0 Å². The summed E-state index contributed by atoms with van der Waals surface area (Å²) >= 11 is 1.41. The second kappa shape index (κ2) is 8.24. The number of ether oxygens (including phenoxy) is 1. The van der Waals surface area contributed by atoms with Gasteiger partial charge in [0.15, 0.2) is 5.17 Å². The number of phenols is 1. The smallest absolute Gasteiger partial charge is 0.180 e. The zero-order chi connectivity index (χ0) is 16.7. The van der Waals surface area contributed by atoms with E-state index in [-0.39, 0.29) is 5.75 Å². The molecule has 0 aromatic heterocycles. The Morgan fingerprint density at radius 3 is 2.74 bits per heavy atom. The molecule has 0 spiro atoms. The van der Waals surface area contributed by atoms with Crippen LogP contribution in [0.5, 0.6) is 11.5 Å². The van der Waals surface area contributed by atoms with Gasteiger partial charge in [-0.05, 0) is 30.2 Å². The summed E-state index contributed by atoms with van der Waals surface area (Å²) in [7, 11) is 1.58. The van der Waals surface area contributed by atoms with Gasteiger partial charge in [-0.1, -0.05) is 42.1 Å². The Kier molecular flexibility index (Phi) is 6.05. The largest absolute Gasteiger partial charge is 0.507 e. The first kappa shape index (κ1) is 16.9. The van der Waals surface area contributed by atoms with Crippen LogP contribution in [0.15, 0.2) is 52.7 Å². The van der Waals surface area contributed by atoms with Crippen LogP contribution in [-0.2, 0) is 5.75 Å². The molecule has 0 aliphatic heterocycles. The average Bonchev–Trinajstić information content (AvgIpc) is 2.56. The third kappa shape index (κ3) is 5.03. The Morgan fingerprint density at radius 2 is 2.04 bits per heavy atom. The predicted molar refractivity (Wildman–Crippen MR) is 96.3 cm³/mol. The van der Waals surface area contributed by atoms with Crippen molar-refractivity contribution in [3.8, 4) is 11.5 Å². The van der Waals surface area contributed by atoms with Gasteiger partial charge in [-0.25, -0.2) is 0 Å². The molecule has 0 bridgehead atoms. The number of hydrogen-bond acceptors (Lipinski definition) is 5. The van der Waals surface area contributed by atoms with Crippen molar-refractivity contribution in [2.75, 3.05) is 7.11 Å². The van der Waals surface area contributed by atoms with Gasteiger partial charge < -0.3 is 15.6 Å². The maximum atomic E-state index is 9.90. The van der Waals surface area contributed by atoms with Crippen LogP contribution in [-0.4, -0.2) is 23.6 Å². The zero-order valence-electron chi connectivity index (χ0n) is 13.1. The molecule has 23 heavy (non-hydrogen) atoms. The molecule has 0 saturated carbocycles. The number of benzene rings is 2. The van der Waals surface area contributed by atoms with E-state index in [4.69, 9.17) is 10.5 Å². The Labute approximate surface area is 139 Å². The van der Waals surface area contributed by atoms with E-state index < -0.39 is 0 Å². The number of hydrogen-bond donors (Lipinski definition) is 2. The molecule has 0 unspecified atom stereocenters. The minimum Gasteiger partial charge on any atom is -0.507 e. The molecule has 6 heteroatoms. The summed E-state index contributed by atoms with van der Waals surface area (Å²) in [5.74, 6) is 1.53. The summed E-state index contributed by atoms with van der Waals surface area (Å²) in [6.07, 6.45) is 1.45. The van der Waals surface area contributed by atoms with E-state index in [1.54, 1.807) is 19.2 Å². The van der Waals surface area contributed by atoms with Crippen molar-refractivity contribution in [2.45, 2.75) is 12.7 Å². The highest BCUT2D eigenvalue weighted by Crippen LogP contribution is 2.26. The summed E-state index contributed by atoms with van der Waals surface area (Å²) in [5, 5.41) is 18.1. The van der Waals surface area contributed by atoms with Crippen molar-refractivity contribution in [2.24, 2.45) is 15.9 Å². The summed E-state index contributed by atoms with van der Waals surface area (Å²) in [6.45, 7) is 1.86. The van der Waals surface area contributed by atoms with Crippen molar-refractivity contribution in [3.05, 3.63) is 59.2 Å². The molecule has 0 atom stereocenters. The van der Waals surface area contributed by atoms with Gasteiger partial charge in [-0.3, -0.25) is 0 Å². The molecule has 5 nitrogen and oxygen atoms in total. The molecule has 0 radical (unpaired) electrons. The number of rotatable bonds is 5. The summed E-state index contributed by atoms with van der Waals surface area (Å²) in [5.41, 5.74) is 8.36. The van der Waals surface area contributed by atoms with E-state index in [0.717, 1.165) is 11.3 Å². The second-order valence-corrected chi connectivity index (χ2v) is 5.83. The summed E-state index contributed by atoms with van der Waals surface area (Å²) in [6, 6.07) is 13.3. The molecular formula is C17H19N3O2S. The van der Waals surface area contributed by atoms with Gasteiger partial charge in [0.1, 0.15) is 11.5 Å². The fraction of sp³-hybridized carbons (Fsp3) is 0.176. The molecule has 0 aliphatic rings. The van der Waals surface area contributed by atoms with Gasteiger partial charge >= 0.3 is 0 Å². The number of aryl methyl sites for hydroxylation is 1. The lowest BCUT2D eigenvalue weighted by Crippen LogP contribution is -2.06. The first-order valence-corrected chi connectivity index (χ1v) is 7.99. The SMILES string of the molecule is COc1cc(C=NN=C(N)SCc2ccccc2)c(O)cc1C. The molecule has 0 heterocycles. The van der Waals surface area contributed by atoms with Gasteiger partial charge in [-0.15, -0.1) is 5.10 Å². The Balaban J connectivity index is 1.99. The van der Waals surface area contributed by atoms with Crippen LogP contribution < -0.4 is 10.5 Å². The maximum Gasteiger partial charge on any atom is 0.180 e. The van der Waals surface area contributed by atoms with Crippen molar-refractivity contribution in [3.63, 3.8) is 0 Å². The van der Waals surface area contributed by atoms with E-state index in [2.05, 4.69) is 10.2 Å². The number of phenolic OH excluding ortho intramolecular Hbond substituents is 1. The highest BCUT2D eigenvalue weighted by atomic mass is 32.2. The van der Waals surface area contributed by atoms with Crippen LogP contribution in [0.25, 0.3) is 0 Å². The topological polar surface area (TPSA) is 80.2 Å². The van der Waals surface area contributed by atoms with Crippen molar-refractivity contribution in [1.82, 2.24) is 0 Å². The average molecular weight is 329 g/mol. The summed E-state index contributed by atoms with van der Waals surface area (Å²) < 4.78 is 5.22. The lowest BCUT2D eigenvalue weighted by molar-refractivity contribution is 0.409. The zero-order valence-corrected chi connectivity index (χ0v) is 13.9. The van der Waals surface area contributed by atoms with E-state index >= 15 is 0 Å². The van der Waals surface area contributed by atoms with Crippen molar-refractivity contribution >= 4 is 23.1 Å². The Hall–Kier alpha value is -2.47. The fourth-order valence-electron chi connectivity index (χ4n) is 1.92. The maximum absolute atomic E-state index is 9.90. The Morgan fingerprint density at radius 1 is 1.30 bits per heavy atom. The van der Waals surface area contributed by atoms with E-state index in [0.29, 0.717) is 16.5 Å². The molecule has 0 saturated heterocycles. The van der Waals surface area contributed by atoms with E-state index in [9.17, 15) is 5.11 Å². The molecular weight excluding hydrogens is 310 g/mol. The lowest BCUT2D eigenvalue weighted by atomic mass is 10.1. The number of aromatic hydroxyl groups is 1. The highest BCUT2D eigenvalue weighted by Gasteiger charge is 2.05. The molecule has 0 fully saturated rings. The number of amidine groups is 1. The molecule has 2 rings (SSSR count). The standard InChI is InChI=1S/C17H19N3O2S/c1-12-8-15(21)14(9-16(12)22-2)10-19-20-17(18)23-11-13-6-4-3-5-7-13/h3-10,21H,11H2,1-2H3,(H2,18,20). The monoisotopic (exact) mass is 329 g/mol. The number of nitrogens with zero attached hydrogens (tertiary/aromatic N) is 2. The summed E-state index contributed by atoms with van der Waals surface area (Å²) in [4.78, 5) is 0. The van der Waals surface area contributed by atoms with Gasteiger partial charge in [0.2, 0.25) is 0 Å². The Bertz CT molecular complexity index is 715.